The first-order valence-corrected chi connectivity index (χ1v) is 13.0. The number of fused-ring (bicyclic) bond motifs is 3. The summed E-state index contributed by atoms with van der Waals surface area (Å²) in [7, 11) is 0. The van der Waals surface area contributed by atoms with Crippen LogP contribution in [0.3, 0.4) is 0 Å². The van der Waals surface area contributed by atoms with Crippen LogP contribution in [0, 0.1) is 5.92 Å². The second-order valence-corrected chi connectivity index (χ2v) is 9.39. The zero-order chi connectivity index (χ0) is 23.5. The predicted molar refractivity (Wildman–Crippen MR) is 137 cm³/mol. The van der Waals surface area contributed by atoms with E-state index >= 15 is 4.39 Å². The average molecular weight is 455 g/mol. The van der Waals surface area contributed by atoms with Gasteiger partial charge in [0.25, 0.3) is 0 Å². The van der Waals surface area contributed by atoms with Crippen molar-refractivity contribution in [2.75, 3.05) is 0 Å². The summed E-state index contributed by atoms with van der Waals surface area (Å²) in [5, 5.41) is 4.62. The first-order chi connectivity index (χ1) is 16.1. The molecule has 3 unspecified atom stereocenters. The van der Waals surface area contributed by atoms with Crippen LogP contribution in [0.15, 0.2) is 54.6 Å². The van der Waals surface area contributed by atoms with E-state index < -0.39 is 12.5 Å². The van der Waals surface area contributed by atoms with Crippen molar-refractivity contribution in [2.45, 2.75) is 97.0 Å². The van der Waals surface area contributed by atoms with Crippen LogP contribution >= 0.6 is 0 Å². The van der Waals surface area contributed by atoms with Crippen molar-refractivity contribution < 1.29 is 13.5 Å². The maximum absolute atomic E-state index is 15.3. The number of benzene rings is 3. The fraction of sp³-hybridized carbons (Fsp3) is 0.533. The zero-order valence-corrected chi connectivity index (χ0v) is 20.4. The summed E-state index contributed by atoms with van der Waals surface area (Å²) in [6.07, 6.45) is 8.17. The number of hydrogen-bond donors (Lipinski definition) is 0. The van der Waals surface area contributed by atoms with Gasteiger partial charge in [0.15, 0.2) is 0 Å². The highest BCUT2D eigenvalue weighted by Crippen LogP contribution is 2.31. The van der Waals surface area contributed by atoms with Crippen LogP contribution < -0.4 is 4.74 Å². The molecule has 0 saturated carbocycles. The molecular formula is C30H40F2O. The Labute approximate surface area is 198 Å². The Hall–Kier alpha value is -2.16. The van der Waals surface area contributed by atoms with Gasteiger partial charge in [0, 0.05) is 5.92 Å². The molecule has 0 aliphatic carbocycles. The molecule has 180 valence electrons. The summed E-state index contributed by atoms with van der Waals surface area (Å²) < 4.78 is 34.6. The molecule has 0 fully saturated rings. The molecule has 3 aromatic rings. The van der Waals surface area contributed by atoms with Gasteiger partial charge < -0.3 is 4.74 Å². The van der Waals surface area contributed by atoms with Crippen LogP contribution in [-0.2, 0) is 0 Å². The number of rotatable bonds is 15. The summed E-state index contributed by atoms with van der Waals surface area (Å²) in [5.74, 6) is 0.480. The highest BCUT2D eigenvalue weighted by molar-refractivity contribution is 6.07. The molecule has 0 aliphatic heterocycles. The van der Waals surface area contributed by atoms with Gasteiger partial charge >= 0.3 is 0 Å². The first kappa shape index (κ1) is 25.5. The number of alkyl halides is 2. The van der Waals surface area contributed by atoms with E-state index in [0.29, 0.717) is 18.6 Å². The molecule has 0 bridgehead atoms. The van der Waals surface area contributed by atoms with Gasteiger partial charge in [-0.15, -0.1) is 0 Å². The Balaban J connectivity index is 1.62. The van der Waals surface area contributed by atoms with E-state index in [9.17, 15) is 4.39 Å². The topological polar surface area (TPSA) is 9.23 Å². The quantitative estimate of drug-likeness (QED) is 0.164. The molecule has 3 atom stereocenters. The fourth-order valence-corrected chi connectivity index (χ4v) is 4.68. The van der Waals surface area contributed by atoms with Crippen LogP contribution in [0.2, 0.25) is 0 Å². The minimum Gasteiger partial charge on any atom is -0.460 e. The minimum atomic E-state index is -1.31. The highest BCUT2D eigenvalue weighted by Gasteiger charge is 2.22. The lowest BCUT2D eigenvalue weighted by Gasteiger charge is -2.22. The highest BCUT2D eigenvalue weighted by atomic mass is 19.1. The van der Waals surface area contributed by atoms with Crippen LogP contribution in [-0.4, -0.2) is 12.5 Å². The van der Waals surface area contributed by atoms with Crippen LogP contribution in [0.4, 0.5) is 8.78 Å². The Morgan fingerprint density at radius 3 is 2.12 bits per heavy atom. The molecule has 0 amide bonds. The summed E-state index contributed by atoms with van der Waals surface area (Å²) in [5.41, 5.74) is 0. The van der Waals surface area contributed by atoms with Gasteiger partial charge in [0.05, 0.1) is 6.17 Å². The number of halogens is 2. The average Bonchev–Trinajstić information content (AvgIpc) is 2.84. The largest absolute Gasteiger partial charge is 0.460 e. The Morgan fingerprint density at radius 1 is 0.697 bits per heavy atom. The third-order valence-electron chi connectivity index (χ3n) is 6.80. The van der Waals surface area contributed by atoms with Crippen molar-refractivity contribution in [3.05, 3.63) is 54.6 Å². The van der Waals surface area contributed by atoms with Gasteiger partial charge in [-0.05, 0) is 59.4 Å². The molecule has 0 aliphatic rings. The van der Waals surface area contributed by atoms with Crippen molar-refractivity contribution in [3.63, 3.8) is 0 Å². The smallest absolute Gasteiger partial charge is 0.241 e. The van der Waals surface area contributed by atoms with E-state index in [-0.39, 0.29) is 5.92 Å². The molecule has 33 heavy (non-hydrogen) atoms. The SMILES string of the molecule is CCCCCCC(CCCCCC(F)CC)C(F)Oc1ccc2c(ccc3ccccc32)c1. The molecule has 3 heteroatoms. The minimum absolute atomic E-state index is 0.110. The summed E-state index contributed by atoms with van der Waals surface area (Å²) in [6, 6.07) is 18.4. The summed E-state index contributed by atoms with van der Waals surface area (Å²) >= 11 is 0. The summed E-state index contributed by atoms with van der Waals surface area (Å²) in [4.78, 5) is 0. The molecule has 1 nitrogen and oxygen atoms in total. The van der Waals surface area contributed by atoms with Gasteiger partial charge in [0.2, 0.25) is 6.36 Å². The second kappa shape index (κ2) is 13.5. The lowest BCUT2D eigenvalue weighted by molar-refractivity contribution is 0.00329. The third-order valence-corrected chi connectivity index (χ3v) is 6.80. The van der Waals surface area contributed by atoms with Gasteiger partial charge in [0.1, 0.15) is 5.75 Å². The molecule has 0 aromatic heterocycles. The molecule has 0 radical (unpaired) electrons. The van der Waals surface area contributed by atoms with Crippen molar-refractivity contribution in [1.29, 1.82) is 0 Å². The van der Waals surface area contributed by atoms with E-state index in [1.165, 1.54) is 23.6 Å². The van der Waals surface area contributed by atoms with Gasteiger partial charge in [-0.1, -0.05) is 101 Å². The van der Waals surface area contributed by atoms with Crippen molar-refractivity contribution in [3.8, 4) is 5.75 Å². The normalized spacial score (nSPS) is 14.4. The van der Waals surface area contributed by atoms with E-state index in [4.69, 9.17) is 4.74 Å². The Bertz CT molecular complexity index is 970. The fourth-order valence-electron chi connectivity index (χ4n) is 4.68. The predicted octanol–water partition coefficient (Wildman–Crippen LogP) is 9.95. The van der Waals surface area contributed by atoms with Crippen molar-refractivity contribution >= 4 is 21.5 Å². The number of unbranched alkanes of at least 4 members (excludes halogenated alkanes) is 5. The lowest BCUT2D eigenvalue weighted by atomic mass is 9.94. The van der Waals surface area contributed by atoms with E-state index in [0.717, 1.165) is 55.7 Å². The molecule has 3 aromatic carbocycles. The number of ether oxygens (including phenoxy) is 1. The molecule has 0 N–H and O–H groups in total. The molecule has 0 spiro atoms. The Kier molecular flexibility index (Phi) is 10.4. The van der Waals surface area contributed by atoms with Crippen molar-refractivity contribution in [1.82, 2.24) is 0 Å². The molecule has 3 rings (SSSR count). The Morgan fingerprint density at radius 2 is 1.36 bits per heavy atom. The van der Waals surface area contributed by atoms with E-state index in [2.05, 4.69) is 31.2 Å². The zero-order valence-electron chi connectivity index (χ0n) is 20.4. The van der Waals surface area contributed by atoms with Gasteiger partial charge in [-0.2, -0.15) is 0 Å². The molecule has 0 saturated heterocycles. The van der Waals surface area contributed by atoms with Crippen LogP contribution in [0.5, 0.6) is 5.75 Å². The van der Waals surface area contributed by atoms with Gasteiger partial charge in [-0.25, -0.2) is 8.78 Å². The summed E-state index contributed by atoms with van der Waals surface area (Å²) in [6.45, 7) is 4.08. The monoisotopic (exact) mass is 454 g/mol. The third kappa shape index (κ3) is 7.69. The number of hydrogen-bond acceptors (Lipinski definition) is 1. The molecule has 0 heterocycles. The van der Waals surface area contributed by atoms with Crippen LogP contribution in [0.1, 0.15) is 84.5 Å². The van der Waals surface area contributed by atoms with E-state index in [1.54, 1.807) is 0 Å². The van der Waals surface area contributed by atoms with Gasteiger partial charge in [-0.3, -0.25) is 0 Å². The lowest BCUT2D eigenvalue weighted by Crippen LogP contribution is -2.22. The maximum atomic E-state index is 15.3. The molecular weight excluding hydrogens is 414 g/mol. The maximum Gasteiger partial charge on any atom is 0.241 e. The first-order valence-electron chi connectivity index (χ1n) is 13.0. The standard InChI is InChI=1S/C30H40F2O/c1-3-5-6-8-14-24(15-9-7-10-16-26(31)4-2)30(32)33-27-20-21-29-25(22-27)19-18-23-13-11-12-17-28(23)29/h11-13,17-22,24,26,30H,3-10,14-16H2,1-2H3. The second-order valence-electron chi connectivity index (χ2n) is 9.39. The van der Waals surface area contributed by atoms with Crippen LogP contribution in [0.25, 0.3) is 21.5 Å². The van der Waals surface area contributed by atoms with E-state index in [1.807, 2.05) is 37.3 Å². The van der Waals surface area contributed by atoms with Crippen molar-refractivity contribution in [2.24, 2.45) is 5.92 Å².